The monoisotopic (exact) mass is 962 g/mol. The van der Waals surface area contributed by atoms with Gasteiger partial charge in [-0.3, -0.25) is 0 Å². The number of allylic oxidation sites excluding steroid dienone is 1. The van der Waals surface area contributed by atoms with Crippen molar-refractivity contribution in [2.75, 3.05) is 0 Å². The minimum Gasteiger partial charge on any atom is -0.544 e. The Morgan fingerprint density at radius 1 is 0.303 bits per heavy atom. The van der Waals surface area contributed by atoms with Crippen LogP contribution < -0.4 is 0 Å². The number of aliphatic hydroxyl groups is 1. The molecule has 1 N–H and O–H groups in total. The van der Waals surface area contributed by atoms with Crippen molar-refractivity contribution in [2.45, 2.75) is 81.5 Å². The molecule has 28 aromatic rings. The van der Waals surface area contributed by atoms with Crippen molar-refractivity contribution in [3.8, 4) is 0 Å². The van der Waals surface area contributed by atoms with Crippen molar-refractivity contribution in [1.82, 2.24) is 0 Å². The summed E-state index contributed by atoms with van der Waals surface area (Å²) in [6.07, 6.45) is 2.70. The Kier molecular flexibility index (Phi) is 2.96. The van der Waals surface area contributed by atoms with Gasteiger partial charge >= 0.3 is 0 Å². The van der Waals surface area contributed by atoms with E-state index in [1.807, 2.05) is 0 Å². The van der Waals surface area contributed by atoms with Crippen molar-refractivity contribution >= 4 is 299 Å². The second kappa shape index (κ2) is 7.20. The molecule has 0 aliphatic heterocycles. The van der Waals surface area contributed by atoms with Crippen molar-refractivity contribution in [3.05, 3.63) is 34.1 Å². The molecule has 334 valence electrons. The van der Waals surface area contributed by atoms with E-state index in [2.05, 4.69) is 47.6 Å². The van der Waals surface area contributed by atoms with E-state index in [0.717, 1.165) is 5.76 Å². The molecule has 0 heterocycles. The summed E-state index contributed by atoms with van der Waals surface area (Å²) >= 11 is 0. The lowest BCUT2D eigenvalue weighted by atomic mass is 9.45. The zero-order valence-electron chi connectivity index (χ0n) is 41.4. The lowest BCUT2D eigenvalue weighted by Crippen LogP contribution is -2.57. The normalized spacial score (nSPS) is 23.3. The first-order valence-corrected chi connectivity index (χ1v) is 31.3. The number of aliphatic hydroxyl groups excluding tert-OH is 1. The molecular weight excluding hydrogens is 937 g/mol. The molecule has 1 atom stereocenters. The first-order chi connectivity index (χ1) is 37.3. The Balaban J connectivity index is 1.09. The molecule has 3 heteroatoms. The predicted octanol–water partition coefficient (Wildman–Crippen LogP) is 20.1. The zero-order chi connectivity index (χ0) is 47.0. The summed E-state index contributed by atoms with van der Waals surface area (Å²) in [6.45, 7) is 14.6. The first-order valence-electron chi connectivity index (χ1n) is 29.1. The van der Waals surface area contributed by atoms with Crippen molar-refractivity contribution < 1.29 is 9.53 Å². The maximum atomic E-state index is 14.0. The fourth-order valence-corrected chi connectivity index (χ4v) is 32.8. The molecule has 2 nitrogen and oxygen atoms in total. The maximum Gasteiger partial charge on any atom is 0.258 e. The molecule has 76 heavy (non-hydrogen) atoms. The third kappa shape index (κ3) is 1.74. The standard InChI is InChI=1S/C73H26O2Si/c1-9(2)76(10(3)4,11(5)6)75-13-8-73-70-64-54-44-34-26-18-15-14-16-20-22(18)30-36-28(20)38-32-24(16)25-17(14)21-23-19(15)27(26)35-41-31(23)37-29(21)39-33(25)43-42(32)52-46(38)56-50(36)58(48(54)40(30)34)66(70)62(56)68-60(52)61-53(43)47(39)57-51(37)59-49(41)55(45(35)44)65(64)71(73)67(59)63(57)69(61)72(68,73)7-12(13)74/h8-12,74H,7H2,1-6H3. The Morgan fingerprint density at radius 2 is 0.474 bits per heavy atom. The average molecular weight is 963 g/mol. The van der Waals surface area contributed by atoms with Crippen LogP contribution in [0.2, 0.25) is 16.6 Å². The summed E-state index contributed by atoms with van der Waals surface area (Å²) in [5.41, 5.74) is 6.60. The highest BCUT2D eigenvalue weighted by Gasteiger charge is 2.71. The van der Waals surface area contributed by atoms with E-state index in [-0.39, 0.29) is 0 Å². The molecular formula is C73H26O2Si. The van der Waals surface area contributed by atoms with Crippen LogP contribution in [-0.4, -0.2) is 19.5 Å². The van der Waals surface area contributed by atoms with Gasteiger partial charge in [-0.05, 0) is 342 Å². The molecule has 28 aromatic carbocycles. The first kappa shape index (κ1) is 31.3. The van der Waals surface area contributed by atoms with E-state index < -0.39 is 25.3 Å². The third-order valence-corrected chi connectivity index (χ3v) is 33.8. The summed E-state index contributed by atoms with van der Waals surface area (Å²) in [5, 5.41) is 101. The summed E-state index contributed by atoms with van der Waals surface area (Å²) in [4.78, 5) is 0. The second-order valence-electron chi connectivity index (χ2n) is 29.1. The highest BCUT2D eigenvalue weighted by Crippen LogP contribution is 2.85. The molecule has 5 aliphatic carbocycles. The van der Waals surface area contributed by atoms with E-state index >= 15 is 0 Å². The SMILES string of the molecule is CC(C)[Si](OC1=CC23c4c5c6c7c8c9c(c%10c%11c2c2c4c4c%12c5c5c6c6c8c8c%13c9c9c%10c%10c%11c%11c2c2c4c4c%12c%12c5c5c6c8c6c8c%13c9c9c%10c%10c%11c2c2c4c4c%12c5c6c5c8c9c%10c2c45)C73CC1O)(C(C)C)C(C)C. The fraction of sp³-hybridized carbons (Fsp3) is 0.178. The Bertz CT molecular complexity index is 7220. The van der Waals surface area contributed by atoms with Gasteiger partial charge in [-0.25, -0.2) is 0 Å². The Labute approximate surface area is 421 Å². The largest absolute Gasteiger partial charge is 0.544 e. The Morgan fingerprint density at radius 3 is 0.658 bits per heavy atom. The van der Waals surface area contributed by atoms with Gasteiger partial charge in [-0.1, -0.05) is 41.5 Å². The molecule has 2 spiro atoms. The van der Waals surface area contributed by atoms with Crippen LogP contribution >= 0.6 is 0 Å². The molecule has 0 saturated heterocycles. The molecule has 0 radical (unpaired) electrons. The van der Waals surface area contributed by atoms with Crippen LogP contribution in [0.1, 0.15) is 70.2 Å². The summed E-state index contributed by atoms with van der Waals surface area (Å²) in [7, 11) is -2.54. The number of benzene rings is 18. The smallest absolute Gasteiger partial charge is 0.258 e. The number of hydrogen-bond donors (Lipinski definition) is 1. The molecule has 0 bridgehead atoms. The van der Waals surface area contributed by atoms with Crippen LogP contribution in [0.4, 0.5) is 0 Å². The maximum absolute atomic E-state index is 14.0. The van der Waals surface area contributed by atoms with E-state index in [4.69, 9.17) is 4.43 Å². The molecule has 33 rings (SSSR count). The average Bonchev–Trinajstić information content (AvgIpc) is 2.71. The molecule has 1 unspecified atom stereocenters. The van der Waals surface area contributed by atoms with Gasteiger partial charge in [0.05, 0.1) is 5.41 Å². The summed E-state index contributed by atoms with van der Waals surface area (Å²) < 4.78 is 8.17. The summed E-state index contributed by atoms with van der Waals surface area (Å²) in [5.74, 6) is 0.908. The fourth-order valence-electron chi connectivity index (χ4n) is 27.5. The zero-order valence-corrected chi connectivity index (χ0v) is 42.4. The Hall–Kier alpha value is -7.82. The minimum absolute atomic E-state index is 0.390. The molecule has 0 fully saturated rings. The molecule has 0 amide bonds. The van der Waals surface area contributed by atoms with Gasteiger partial charge in [-0.15, -0.1) is 0 Å². The van der Waals surface area contributed by atoms with Crippen molar-refractivity contribution in [2.24, 2.45) is 0 Å². The topological polar surface area (TPSA) is 29.5 Å². The van der Waals surface area contributed by atoms with Crippen LogP contribution in [-0.2, 0) is 15.3 Å². The van der Waals surface area contributed by atoms with Crippen LogP contribution in [0.25, 0.3) is 291 Å². The predicted molar refractivity (Wildman–Crippen MR) is 325 cm³/mol. The van der Waals surface area contributed by atoms with Crippen molar-refractivity contribution in [1.29, 1.82) is 0 Å². The van der Waals surface area contributed by atoms with Gasteiger partial charge < -0.3 is 9.53 Å². The molecule has 0 saturated carbocycles. The van der Waals surface area contributed by atoms with E-state index in [0.29, 0.717) is 23.0 Å². The number of rotatable bonds is 5. The quantitative estimate of drug-likeness (QED) is 0.138. The van der Waals surface area contributed by atoms with Gasteiger partial charge in [0.1, 0.15) is 11.9 Å². The van der Waals surface area contributed by atoms with Gasteiger partial charge in [0.15, 0.2) is 0 Å². The van der Waals surface area contributed by atoms with Gasteiger partial charge in [0, 0.05) is 5.41 Å². The van der Waals surface area contributed by atoms with Gasteiger partial charge in [0.2, 0.25) is 0 Å². The van der Waals surface area contributed by atoms with Gasteiger partial charge in [0.25, 0.3) is 8.32 Å². The summed E-state index contributed by atoms with van der Waals surface area (Å²) in [6, 6.07) is 0. The van der Waals surface area contributed by atoms with Crippen LogP contribution in [0.15, 0.2) is 11.8 Å². The molecule has 5 aliphatic rings. The minimum atomic E-state index is -2.54. The lowest BCUT2D eigenvalue weighted by molar-refractivity contribution is 0.0970. The van der Waals surface area contributed by atoms with Crippen LogP contribution in [0, 0.1) is 0 Å². The van der Waals surface area contributed by atoms with E-state index in [1.165, 1.54) is 0 Å². The highest BCUT2D eigenvalue weighted by atomic mass is 28.4. The third-order valence-electron chi connectivity index (χ3n) is 27.8. The van der Waals surface area contributed by atoms with Gasteiger partial charge in [-0.2, -0.15) is 0 Å². The lowest BCUT2D eigenvalue weighted by Gasteiger charge is -2.57. The van der Waals surface area contributed by atoms with E-state index in [1.54, 1.807) is 313 Å². The number of hydrogen-bond acceptors (Lipinski definition) is 2. The highest BCUT2D eigenvalue weighted by molar-refractivity contribution is 6.83. The van der Waals surface area contributed by atoms with Crippen LogP contribution in [0.3, 0.4) is 0 Å². The molecule has 0 aromatic heterocycles. The van der Waals surface area contributed by atoms with E-state index in [9.17, 15) is 5.11 Å². The van der Waals surface area contributed by atoms with Crippen LogP contribution in [0.5, 0.6) is 0 Å². The second-order valence-corrected chi connectivity index (χ2v) is 34.5. The van der Waals surface area contributed by atoms with Crippen molar-refractivity contribution in [3.63, 3.8) is 0 Å².